The Labute approximate surface area is 124 Å². The van der Waals surface area contributed by atoms with Gasteiger partial charge in [-0.25, -0.2) is 0 Å². The van der Waals surface area contributed by atoms with Gasteiger partial charge in [-0.05, 0) is 58.8 Å². The Balaban J connectivity index is 1.80. The molecule has 3 heteroatoms. The van der Waals surface area contributed by atoms with Crippen LogP contribution in [0.2, 0.25) is 0 Å². The number of hydrogen-bond donors (Lipinski definition) is 1. The van der Waals surface area contributed by atoms with Crippen LogP contribution < -0.4 is 4.74 Å². The van der Waals surface area contributed by atoms with Crippen molar-refractivity contribution in [2.45, 2.75) is 51.0 Å². The highest BCUT2D eigenvalue weighted by molar-refractivity contribution is 9.10. The second-order valence-corrected chi connectivity index (χ2v) is 6.41. The summed E-state index contributed by atoms with van der Waals surface area (Å²) in [6.45, 7) is 0. The van der Waals surface area contributed by atoms with Crippen LogP contribution in [0, 0.1) is 5.92 Å². The molecule has 0 saturated heterocycles. The summed E-state index contributed by atoms with van der Waals surface area (Å²) in [5, 5.41) is 10.1. The molecule has 0 bridgehead atoms. The molecule has 2 rings (SSSR count). The SMILES string of the molecule is COc1ccc(CC(O)CCC2CCCC2)cc1Br. The van der Waals surface area contributed by atoms with E-state index in [1.54, 1.807) is 7.11 Å². The molecule has 1 N–H and O–H groups in total. The number of benzene rings is 1. The van der Waals surface area contributed by atoms with Crippen molar-refractivity contribution in [3.05, 3.63) is 28.2 Å². The lowest BCUT2D eigenvalue weighted by atomic mass is 9.97. The summed E-state index contributed by atoms with van der Waals surface area (Å²) in [5.74, 6) is 1.70. The zero-order chi connectivity index (χ0) is 13.7. The van der Waals surface area contributed by atoms with Crippen molar-refractivity contribution in [3.8, 4) is 5.75 Å². The van der Waals surface area contributed by atoms with Crippen molar-refractivity contribution in [2.75, 3.05) is 7.11 Å². The van der Waals surface area contributed by atoms with Crippen molar-refractivity contribution in [1.82, 2.24) is 0 Å². The van der Waals surface area contributed by atoms with Gasteiger partial charge in [0.25, 0.3) is 0 Å². The van der Waals surface area contributed by atoms with Gasteiger partial charge in [-0.1, -0.05) is 31.7 Å². The van der Waals surface area contributed by atoms with Gasteiger partial charge in [-0.15, -0.1) is 0 Å². The first-order chi connectivity index (χ1) is 9.19. The van der Waals surface area contributed by atoms with E-state index in [4.69, 9.17) is 4.74 Å². The third-order valence-corrected chi connectivity index (χ3v) is 4.69. The van der Waals surface area contributed by atoms with E-state index in [1.165, 1.54) is 32.1 Å². The summed E-state index contributed by atoms with van der Waals surface area (Å²) in [7, 11) is 1.66. The summed E-state index contributed by atoms with van der Waals surface area (Å²) >= 11 is 3.48. The molecule has 1 unspecified atom stereocenters. The number of aliphatic hydroxyl groups is 1. The summed E-state index contributed by atoms with van der Waals surface area (Å²) in [6, 6.07) is 6.02. The van der Waals surface area contributed by atoms with E-state index in [1.807, 2.05) is 18.2 Å². The van der Waals surface area contributed by atoms with Crippen LogP contribution in [0.4, 0.5) is 0 Å². The Hall–Kier alpha value is -0.540. The molecule has 0 heterocycles. The lowest BCUT2D eigenvalue weighted by molar-refractivity contribution is 0.155. The minimum Gasteiger partial charge on any atom is -0.496 e. The Kier molecular flexibility index (Phi) is 5.71. The van der Waals surface area contributed by atoms with Gasteiger partial charge in [0.05, 0.1) is 17.7 Å². The molecular formula is C16H23BrO2. The van der Waals surface area contributed by atoms with Gasteiger partial charge in [0.1, 0.15) is 5.75 Å². The maximum absolute atomic E-state index is 10.1. The standard InChI is InChI=1S/C16H23BrO2/c1-19-16-9-7-13(11-15(16)17)10-14(18)8-6-12-4-2-3-5-12/h7,9,11-12,14,18H,2-6,8,10H2,1H3. The monoisotopic (exact) mass is 326 g/mol. The molecule has 0 spiro atoms. The summed E-state index contributed by atoms with van der Waals surface area (Å²) in [4.78, 5) is 0. The highest BCUT2D eigenvalue weighted by Gasteiger charge is 2.16. The maximum atomic E-state index is 10.1. The number of methoxy groups -OCH3 is 1. The molecule has 0 radical (unpaired) electrons. The van der Waals surface area contributed by atoms with Crippen molar-refractivity contribution in [3.63, 3.8) is 0 Å². The number of hydrogen-bond acceptors (Lipinski definition) is 2. The molecule has 1 aromatic carbocycles. The lowest BCUT2D eigenvalue weighted by Crippen LogP contribution is -2.12. The maximum Gasteiger partial charge on any atom is 0.133 e. The normalized spacial score (nSPS) is 17.6. The van der Waals surface area contributed by atoms with Gasteiger partial charge in [0.2, 0.25) is 0 Å². The average molecular weight is 327 g/mol. The van der Waals surface area contributed by atoms with Gasteiger partial charge in [-0.2, -0.15) is 0 Å². The van der Waals surface area contributed by atoms with Gasteiger partial charge >= 0.3 is 0 Å². The van der Waals surface area contributed by atoms with Gasteiger partial charge in [-0.3, -0.25) is 0 Å². The molecule has 1 aliphatic carbocycles. The van der Waals surface area contributed by atoms with Crippen LogP contribution in [-0.2, 0) is 6.42 Å². The lowest BCUT2D eigenvalue weighted by Gasteiger charge is -2.14. The number of halogens is 1. The predicted molar refractivity (Wildman–Crippen MR) is 81.6 cm³/mol. The van der Waals surface area contributed by atoms with Crippen molar-refractivity contribution in [2.24, 2.45) is 5.92 Å². The van der Waals surface area contributed by atoms with E-state index in [0.29, 0.717) is 0 Å². The zero-order valence-corrected chi connectivity index (χ0v) is 13.2. The Morgan fingerprint density at radius 1 is 1.37 bits per heavy atom. The molecule has 0 aliphatic heterocycles. The highest BCUT2D eigenvalue weighted by Crippen LogP contribution is 2.30. The van der Waals surface area contributed by atoms with Crippen molar-refractivity contribution < 1.29 is 9.84 Å². The fourth-order valence-electron chi connectivity index (χ4n) is 2.94. The fraction of sp³-hybridized carbons (Fsp3) is 0.625. The quantitative estimate of drug-likeness (QED) is 0.843. The predicted octanol–water partition coefficient (Wildman–Crippen LogP) is 4.33. The first-order valence-electron chi connectivity index (χ1n) is 7.19. The molecule has 1 aromatic rings. The molecule has 106 valence electrons. The van der Waals surface area contributed by atoms with Crippen LogP contribution in [0.15, 0.2) is 22.7 Å². The van der Waals surface area contributed by atoms with Crippen molar-refractivity contribution >= 4 is 15.9 Å². The summed E-state index contributed by atoms with van der Waals surface area (Å²) in [6.07, 6.45) is 8.10. The molecule has 19 heavy (non-hydrogen) atoms. The fourth-order valence-corrected chi connectivity index (χ4v) is 3.53. The third kappa shape index (κ3) is 4.50. The van der Waals surface area contributed by atoms with E-state index in [2.05, 4.69) is 15.9 Å². The number of rotatable bonds is 6. The first kappa shape index (κ1) is 14.9. The number of aliphatic hydroxyl groups excluding tert-OH is 1. The molecule has 0 aromatic heterocycles. The van der Waals surface area contributed by atoms with E-state index < -0.39 is 0 Å². The van der Waals surface area contributed by atoms with E-state index in [9.17, 15) is 5.11 Å². The van der Waals surface area contributed by atoms with Crippen LogP contribution >= 0.6 is 15.9 Å². The van der Waals surface area contributed by atoms with Gasteiger partial charge < -0.3 is 9.84 Å². The van der Waals surface area contributed by atoms with E-state index in [0.717, 1.165) is 34.5 Å². The van der Waals surface area contributed by atoms with Crippen molar-refractivity contribution in [1.29, 1.82) is 0 Å². The Morgan fingerprint density at radius 3 is 2.74 bits per heavy atom. The van der Waals surface area contributed by atoms with Crippen LogP contribution in [-0.4, -0.2) is 18.3 Å². The first-order valence-corrected chi connectivity index (χ1v) is 7.99. The summed E-state index contributed by atoms with van der Waals surface area (Å²) in [5.41, 5.74) is 1.16. The van der Waals surface area contributed by atoms with Crippen LogP contribution in [0.25, 0.3) is 0 Å². The topological polar surface area (TPSA) is 29.5 Å². The smallest absolute Gasteiger partial charge is 0.133 e. The minimum atomic E-state index is -0.221. The molecular weight excluding hydrogens is 304 g/mol. The molecule has 1 fully saturated rings. The van der Waals surface area contributed by atoms with Gasteiger partial charge in [0.15, 0.2) is 0 Å². The Bertz CT molecular complexity index is 400. The van der Waals surface area contributed by atoms with Crippen LogP contribution in [0.3, 0.4) is 0 Å². The summed E-state index contributed by atoms with van der Waals surface area (Å²) < 4.78 is 6.16. The highest BCUT2D eigenvalue weighted by atomic mass is 79.9. The minimum absolute atomic E-state index is 0.221. The molecule has 0 amide bonds. The molecule has 2 nitrogen and oxygen atoms in total. The molecule has 1 aliphatic rings. The second-order valence-electron chi connectivity index (χ2n) is 5.55. The Morgan fingerprint density at radius 2 is 2.11 bits per heavy atom. The largest absolute Gasteiger partial charge is 0.496 e. The average Bonchev–Trinajstić information content (AvgIpc) is 2.90. The molecule has 1 atom stereocenters. The third-order valence-electron chi connectivity index (χ3n) is 4.07. The zero-order valence-electron chi connectivity index (χ0n) is 11.6. The second kappa shape index (κ2) is 7.30. The van der Waals surface area contributed by atoms with E-state index in [-0.39, 0.29) is 6.10 Å². The van der Waals surface area contributed by atoms with Crippen LogP contribution in [0.1, 0.15) is 44.1 Å². The van der Waals surface area contributed by atoms with Crippen LogP contribution in [0.5, 0.6) is 5.75 Å². The number of ether oxygens (including phenoxy) is 1. The molecule has 1 saturated carbocycles. The van der Waals surface area contributed by atoms with Gasteiger partial charge in [0, 0.05) is 0 Å². The van der Waals surface area contributed by atoms with E-state index >= 15 is 0 Å².